The van der Waals surface area contributed by atoms with Gasteiger partial charge in [-0.05, 0) is 45.9 Å². The van der Waals surface area contributed by atoms with Crippen molar-refractivity contribution >= 4 is 5.97 Å². The van der Waals surface area contributed by atoms with Crippen LogP contribution in [-0.4, -0.2) is 36.3 Å². The van der Waals surface area contributed by atoms with Gasteiger partial charge in [0.05, 0.1) is 0 Å². The molecule has 0 bridgehead atoms. The fourth-order valence-electron chi connectivity index (χ4n) is 4.13. The molecule has 4 rings (SSSR count). The van der Waals surface area contributed by atoms with Crippen LogP contribution in [0.1, 0.15) is 60.4 Å². The highest BCUT2D eigenvalue weighted by Crippen LogP contribution is 2.30. The van der Waals surface area contributed by atoms with Crippen LogP contribution in [0.5, 0.6) is 0 Å². The predicted molar refractivity (Wildman–Crippen MR) is 124 cm³/mol. The molecule has 0 amide bonds. The maximum Gasteiger partial charge on any atom is 0.352 e. The molecule has 4 aromatic rings. The molecule has 0 aliphatic heterocycles. The van der Waals surface area contributed by atoms with Crippen molar-refractivity contribution in [3.05, 3.63) is 77.1 Å². The molecule has 2 heterocycles. The zero-order valence-electron chi connectivity index (χ0n) is 18.5. The molecular formula is C25H27N5O2. The molecule has 0 aliphatic rings. The van der Waals surface area contributed by atoms with Crippen molar-refractivity contribution in [3.63, 3.8) is 0 Å². The molecule has 164 valence electrons. The van der Waals surface area contributed by atoms with Gasteiger partial charge in [0.15, 0.2) is 0 Å². The van der Waals surface area contributed by atoms with Gasteiger partial charge in [0.1, 0.15) is 5.69 Å². The molecule has 2 N–H and O–H groups in total. The molecule has 7 nitrogen and oxygen atoms in total. The summed E-state index contributed by atoms with van der Waals surface area (Å²) in [4.78, 5) is 12.1. The molecule has 2 aromatic heterocycles. The molecule has 0 saturated carbocycles. The quantitative estimate of drug-likeness (QED) is 0.403. The highest BCUT2D eigenvalue weighted by Gasteiger charge is 2.22. The first-order valence-electron chi connectivity index (χ1n) is 10.9. The van der Waals surface area contributed by atoms with E-state index in [1.54, 1.807) is 0 Å². The number of aromatic carboxylic acids is 1. The second-order valence-corrected chi connectivity index (χ2v) is 8.21. The Labute approximate surface area is 187 Å². The van der Waals surface area contributed by atoms with E-state index in [-0.39, 0.29) is 5.92 Å². The molecule has 0 spiro atoms. The Morgan fingerprint density at radius 3 is 2.41 bits per heavy atom. The molecule has 0 fully saturated rings. The van der Waals surface area contributed by atoms with Gasteiger partial charge in [-0.2, -0.15) is 5.21 Å². The summed E-state index contributed by atoms with van der Waals surface area (Å²) in [6, 6.07) is 18.2. The number of carboxylic acids is 1. The number of carbonyl (C=O) groups is 1. The zero-order chi connectivity index (χ0) is 22.7. The number of tetrazole rings is 1. The average molecular weight is 430 g/mol. The Morgan fingerprint density at radius 2 is 1.81 bits per heavy atom. The van der Waals surface area contributed by atoms with Crippen LogP contribution in [0.4, 0.5) is 0 Å². The first-order chi connectivity index (χ1) is 15.5. The van der Waals surface area contributed by atoms with Crippen LogP contribution in [0.2, 0.25) is 0 Å². The van der Waals surface area contributed by atoms with Crippen molar-refractivity contribution in [1.29, 1.82) is 0 Å². The van der Waals surface area contributed by atoms with Gasteiger partial charge in [-0.15, -0.1) is 10.2 Å². The van der Waals surface area contributed by atoms with Crippen molar-refractivity contribution in [2.75, 3.05) is 0 Å². The summed E-state index contributed by atoms with van der Waals surface area (Å²) in [6.45, 7) is 6.72. The third-order valence-electron chi connectivity index (χ3n) is 5.66. The smallest absolute Gasteiger partial charge is 0.352 e. The number of benzene rings is 2. The van der Waals surface area contributed by atoms with Gasteiger partial charge in [0, 0.05) is 17.8 Å². The van der Waals surface area contributed by atoms with Gasteiger partial charge >= 0.3 is 5.97 Å². The topological polar surface area (TPSA) is 96.7 Å². The van der Waals surface area contributed by atoms with E-state index >= 15 is 0 Å². The van der Waals surface area contributed by atoms with Gasteiger partial charge in [0.25, 0.3) is 0 Å². The van der Waals surface area contributed by atoms with E-state index in [1.165, 1.54) is 0 Å². The van der Waals surface area contributed by atoms with Crippen molar-refractivity contribution in [2.45, 2.75) is 46.1 Å². The maximum atomic E-state index is 12.1. The summed E-state index contributed by atoms with van der Waals surface area (Å²) in [7, 11) is 0. The number of aromatic nitrogens is 5. The lowest BCUT2D eigenvalue weighted by Gasteiger charge is -2.14. The Morgan fingerprint density at radius 1 is 1.09 bits per heavy atom. The van der Waals surface area contributed by atoms with Crippen molar-refractivity contribution in [1.82, 2.24) is 25.2 Å². The number of carboxylic acid groups (broad SMARTS) is 1. The van der Waals surface area contributed by atoms with Crippen LogP contribution >= 0.6 is 0 Å². The van der Waals surface area contributed by atoms with E-state index in [2.05, 4.69) is 57.9 Å². The largest absolute Gasteiger partial charge is 0.477 e. The van der Waals surface area contributed by atoms with E-state index in [0.717, 1.165) is 46.4 Å². The van der Waals surface area contributed by atoms with Crippen molar-refractivity contribution in [2.24, 2.45) is 0 Å². The monoisotopic (exact) mass is 429 g/mol. The normalized spacial score (nSPS) is 11.2. The molecular weight excluding hydrogens is 402 g/mol. The lowest BCUT2D eigenvalue weighted by Crippen LogP contribution is -2.14. The molecule has 0 radical (unpaired) electrons. The lowest BCUT2D eigenvalue weighted by molar-refractivity contribution is 0.0683. The van der Waals surface area contributed by atoms with E-state index in [0.29, 0.717) is 18.1 Å². The number of H-pyrrole nitrogens is 1. The number of hydrogen-bond donors (Lipinski definition) is 2. The van der Waals surface area contributed by atoms with Crippen LogP contribution in [0.15, 0.2) is 54.6 Å². The van der Waals surface area contributed by atoms with Crippen LogP contribution < -0.4 is 0 Å². The van der Waals surface area contributed by atoms with E-state index in [9.17, 15) is 9.90 Å². The second kappa shape index (κ2) is 9.18. The summed E-state index contributed by atoms with van der Waals surface area (Å²) in [5.41, 5.74) is 6.37. The van der Waals surface area contributed by atoms with Gasteiger partial charge in [-0.3, -0.25) is 0 Å². The molecule has 32 heavy (non-hydrogen) atoms. The summed E-state index contributed by atoms with van der Waals surface area (Å²) in [6.07, 6.45) is 1.82. The fourth-order valence-corrected chi connectivity index (χ4v) is 4.13. The summed E-state index contributed by atoms with van der Waals surface area (Å²) in [5.74, 6) is -0.169. The lowest BCUT2D eigenvalue weighted by atomic mass is 9.98. The highest BCUT2D eigenvalue weighted by atomic mass is 16.4. The van der Waals surface area contributed by atoms with Crippen LogP contribution in [-0.2, 0) is 13.0 Å². The molecule has 0 aliphatic carbocycles. The third kappa shape index (κ3) is 4.19. The number of aromatic amines is 1. The first-order valence-corrected chi connectivity index (χ1v) is 10.9. The average Bonchev–Trinajstić information content (AvgIpc) is 3.44. The number of nitrogens with one attached hydrogen (secondary N) is 1. The van der Waals surface area contributed by atoms with Gasteiger partial charge in [0.2, 0.25) is 5.82 Å². The molecule has 7 heteroatoms. The van der Waals surface area contributed by atoms with Crippen molar-refractivity contribution < 1.29 is 9.90 Å². The third-order valence-corrected chi connectivity index (χ3v) is 5.66. The number of rotatable bonds is 8. The molecule has 0 saturated heterocycles. The summed E-state index contributed by atoms with van der Waals surface area (Å²) >= 11 is 0. The zero-order valence-corrected chi connectivity index (χ0v) is 18.5. The Bertz CT molecular complexity index is 1210. The van der Waals surface area contributed by atoms with Gasteiger partial charge in [-0.25, -0.2) is 4.79 Å². The molecule has 0 unspecified atom stereocenters. The summed E-state index contributed by atoms with van der Waals surface area (Å²) in [5, 5.41) is 24.3. The minimum atomic E-state index is -0.873. The Kier molecular flexibility index (Phi) is 6.16. The summed E-state index contributed by atoms with van der Waals surface area (Å²) < 4.78 is 1.96. The van der Waals surface area contributed by atoms with Crippen LogP contribution in [0.3, 0.4) is 0 Å². The second-order valence-electron chi connectivity index (χ2n) is 8.21. The van der Waals surface area contributed by atoms with E-state index in [1.807, 2.05) is 42.7 Å². The SMILES string of the molecule is CCCc1cc(C(C)C)c(C(=O)O)n1Cc1ccc(-c2ccccc2-c2nn[nH]n2)cc1. The minimum absolute atomic E-state index is 0.155. The van der Waals surface area contributed by atoms with E-state index in [4.69, 9.17) is 0 Å². The van der Waals surface area contributed by atoms with Crippen molar-refractivity contribution in [3.8, 4) is 22.5 Å². The number of nitrogens with zero attached hydrogens (tertiary/aromatic N) is 4. The van der Waals surface area contributed by atoms with Crippen LogP contribution in [0.25, 0.3) is 22.5 Å². The highest BCUT2D eigenvalue weighted by molar-refractivity contribution is 5.88. The van der Waals surface area contributed by atoms with Gasteiger partial charge < -0.3 is 9.67 Å². The number of aryl methyl sites for hydroxylation is 1. The fraction of sp³-hybridized carbons (Fsp3) is 0.280. The van der Waals surface area contributed by atoms with E-state index < -0.39 is 5.97 Å². The first kappa shape index (κ1) is 21.5. The number of hydrogen-bond acceptors (Lipinski definition) is 4. The predicted octanol–water partition coefficient (Wildman–Crippen LogP) is 5.16. The van der Waals surface area contributed by atoms with Crippen LogP contribution in [0, 0.1) is 0 Å². The molecule has 0 atom stereocenters. The van der Waals surface area contributed by atoms with Gasteiger partial charge in [-0.1, -0.05) is 75.7 Å². The minimum Gasteiger partial charge on any atom is -0.477 e. The molecule has 2 aromatic carbocycles. The Hall–Kier alpha value is -3.74. The Balaban J connectivity index is 1.68. The maximum absolute atomic E-state index is 12.1. The standard InChI is InChI=1S/C25H27N5O2/c1-4-7-19-14-22(16(2)3)23(25(31)32)30(19)15-17-10-12-18(13-11-17)20-8-5-6-9-21(20)24-26-28-29-27-24/h5-6,8-14,16H,4,7,15H2,1-3H3,(H,31,32)(H,26,27,28,29).